The van der Waals surface area contributed by atoms with Gasteiger partial charge in [0.25, 0.3) is 5.88 Å². The van der Waals surface area contributed by atoms with Crippen molar-refractivity contribution in [2.24, 2.45) is 0 Å². The van der Waals surface area contributed by atoms with Crippen LogP contribution < -0.4 is 4.74 Å². The summed E-state index contributed by atoms with van der Waals surface area (Å²) >= 11 is 0. The molecular weight excluding hydrogens is 203 g/mol. The van der Waals surface area contributed by atoms with Gasteiger partial charge in [-0.15, -0.1) is 0 Å². The summed E-state index contributed by atoms with van der Waals surface area (Å²) in [5.74, 6) is -1.53. The van der Waals surface area contributed by atoms with Crippen molar-refractivity contribution in [3.63, 3.8) is 0 Å². The smallest absolute Gasteiger partial charge is 0.347 e. The first-order valence-electron chi connectivity index (χ1n) is 4.44. The van der Waals surface area contributed by atoms with Gasteiger partial charge in [0.1, 0.15) is 6.33 Å². The first kappa shape index (κ1) is 11.4. The molecule has 0 fully saturated rings. The van der Waals surface area contributed by atoms with E-state index in [-0.39, 0.29) is 12.5 Å². The molecule has 0 aliphatic heterocycles. The van der Waals surface area contributed by atoms with Gasteiger partial charge in [-0.3, -0.25) is 0 Å². The Morgan fingerprint density at radius 2 is 2.40 bits per heavy atom. The van der Waals surface area contributed by atoms with Crippen molar-refractivity contribution in [3.05, 3.63) is 18.3 Å². The van der Waals surface area contributed by atoms with Gasteiger partial charge in [0, 0.05) is 0 Å². The molecular formula is C9H11FN2O3. The quantitative estimate of drug-likeness (QED) is 0.698. The summed E-state index contributed by atoms with van der Waals surface area (Å²) in [6.45, 7) is 3.38. The predicted molar refractivity (Wildman–Crippen MR) is 48.7 cm³/mol. The van der Waals surface area contributed by atoms with Crippen molar-refractivity contribution in [3.8, 4) is 5.88 Å². The van der Waals surface area contributed by atoms with Gasteiger partial charge in [0.15, 0.2) is 6.10 Å². The average molecular weight is 214 g/mol. The third kappa shape index (κ3) is 3.16. The molecule has 1 atom stereocenters. The number of hydrogen-bond donors (Lipinski definition) is 0. The van der Waals surface area contributed by atoms with Gasteiger partial charge in [-0.2, -0.15) is 9.37 Å². The third-order valence-corrected chi connectivity index (χ3v) is 1.54. The van der Waals surface area contributed by atoms with Crippen LogP contribution >= 0.6 is 0 Å². The summed E-state index contributed by atoms with van der Waals surface area (Å²) in [5, 5.41) is 0. The van der Waals surface area contributed by atoms with Crippen LogP contribution in [0.25, 0.3) is 0 Å². The number of esters is 1. The van der Waals surface area contributed by atoms with E-state index < -0.39 is 17.9 Å². The second-order valence-corrected chi connectivity index (χ2v) is 2.69. The van der Waals surface area contributed by atoms with Crippen LogP contribution in [-0.2, 0) is 9.53 Å². The fraction of sp³-hybridized carbons (Fsp3) is 0.444. The van der Waals surface area contributed by atoms with E-state index in [1.54, 1.807) is 6.92 Å². The lowest BCUT2D eigenvalue weighted by Crippen LogP contribution is -2.26. The standard InChI is InChI=1S/C9H11FN2O3/c1-3-14-9(13)6(2)15-8-7(10)4-11-5-12-8/h4-6H,3H2,1-2H3. The number of halogens is 1. The molecule has 0 N–H and O–H groups in total. The summed E-state index contributed by atoms with van der Waals surface area (Å²) < 4.78 is 22.6. The second-order valence-electron chi connectivity index (χ2n) is 2.69. The van der Waals surface area contributed by atoms with Crippen LogP contribution in [0.1, 0.15) is 13.8 Å². The van der Waals surface area contributed by atoms with Gasteiger partial charge in [-0.05, 0) is 13.8 Å². The van der Waals surface area contributed by atoms with E-state index in [2.05, 4.69) is 14.7 Å². The van der Waals surface area contributed by atoms with Crippen LogP contribution in [0.3, 0.4) is 0 Å². The lowest BCUT2D eigenvalue weighted by atomic mass is 10.4. The maximum Gasteiger partial charge on any atom is 0.347 e. The lowest BCUT2D eigenvalue weighted by Gasteiger charge is -2.12. The number of carbonyl (C=O) groups excluding carboxylic acids is 1. The van der Waals surface area contributed by atoms with Crippen LogP contribution in [0.5, 0.6) is 5.88 Å². The van der Waals surface area contributed by atoms with Crippen molar-refractivity contribution in [1.82, 2.24) is 9.97 Å². The number of carbonyl (C=O) groups is 1. The van der Waals surface area contributed by atoms with Crippen molar-refractivity contribution in [2.75, 3.05) is 6.61 Å². The second kappa shape index (κ2) is 5.23. The van der Waals surface area contributed by atoms with Crippen molar-refractivity contribution < 1.29 is 18.7 Å². The van der Waals surface area contributed by atoms with Crippen LogP contribution in [-0.4, -0.2) is 28.6 Å². The molecule has 1 aromatic rings. The van der Waals surface area contributed by atoms with Crippen molar-refractivity contribution in [2.45, 2.75) is 20.0 Å². The van der Waals surface area contributed by atoms with E-state index in [4.69, 9.17) is 4.74 Å². The van der Waals surface area contributed by atoms with Crippen LogP contribution in [0.2, 0.25) is 0 Å². The molecule has 0 aliphatic carbocycles. The molecule has 0 aliphatic rings. The fourth-order valence-corrected chi connectivity index (χ4v) is 0.863. The topological polar surface area (TPSA) is 61.3 Å². The van der Waals surface area contributed by atoms with Crippen molar-refractivity contribution in [1.29, 1.82) is 0 Å². The first-order chi connectivity index (χ1) is 7.15. The molecule has 1 heterocycles. The lowest BCUT2D eigenvalue weighted by molar-refractivity contribution is -0.150. The minimum Gasteiger partial charge on any atom is -0.463 e. The summed E-state index contributed by atoms with van der Waals surface area (Å²) in [6.07, 6.45) is 1.20. The zero-order chi connectivity index (χ0) is 11.3. The Labute approximate surface area is 86.2 Å². The molecule has 0 radical (unpaired) electrons. The van der Waals surface area contributed by atoms with Gasteiger partial charge in [0.2, 0.25) is 5.82 Å². The SMILES string of the molecule is CCOC(=O)C(C)Oc1ncncc1F. The highest BCUT2D eigenvalue weighted by atomic mass is 19.1. The Balaban J connectivity index is 2.62. The number of hydrogen-bond acceptors (Lipinski definition) is 5. The van der Waals surface area contributed by atoms with Gasteiger partial charge in [0.05, 0.1) is 12.8 Å². The average Bonchev–Trinajstić information content (AvgIpc) is 2.21. The van der Waals surface area contributed by atoms with E-state index in [1.165, 1.54) is 6.92 Å². The number of aromatic nitrogens is 2. The Morgan fingerprint density at radius 1 is 1.67 bits per heavy atom. The van der Waals surface area contributed by atoms with E-state index in [0.29, 0.717) is 0 Å². The molecule has 0 saturated carbocycles. The van der Waals surface area contributed by atoms with Crippen LogP contribution in [0, 0.1) is 5.82 Å². The number of ether oxygens (including phenoxy) is 2. The summed E-state index contributed by atoms with van der Waals surface area (Å²) in [4.78, 5) is 18.1. The van der Waals surface area contributed by atoms with Crippen LogP contribution in [0.15, 0.2) is 12.5 Å². The Kier molecular flexibility index (Phi) is 3.96. The Hall–Kier alpha value is -1.72. The maximum atomic E-state index is 13.0. The van der Waals surface area contributed by atoms with E-state index in [9.17, 15) is 9.18 Å². The van der Waals surface area contributed by atoms with Crippen molar-refractivity contribution >= 4 is 5.97 Å². The van der Waals surface area contributed by atoms with E-state index in [0.717, 1.165) is 12.5 Å². The van der Waals surface area contributed by atoms with Gasteiger partial charge >= 0.3 is 5.97 Å². The molecule has 1 unspecified atom stereocenters. The molecule has 0 spiro atoms. The highest BCUT2D eigenvalue weighted by Crippen LogP contribution is 2.12. The normalized spacial score (nSPS) is 11.9. The Bertz CT molecular complexity index is 346. The minimum absolute atomic E-state index is 0.249. The molecule has 82 valence electrons. The van der Waals surface area contributed by atoms with Gasteiger partial charge in [-0.25, -0.2) is 9.78 Å². The summed E-state index contributed by atoms with van der Waals surface area (Å²) in [6, 6.07) is 0. The molecule has 0 aromatic carbocycles. The highest BCUT2D eigenvalue weighted by molar-refractivity contribution is 5.74. The monoisotopic (exact) mass is 214 g/mol. The predicted octanol–water partition coefficient (Wildman–Crippen LogP) is 0.946. The zero-order valence-electron chi connectivity index (χ0n) is 8.44. The molecule has 0 bridgehead atoms. The Morgan fingerprint density at radius 3 is 3.00 bits per heavy atom. The minimum atomic E-state index is -0.894. The molecule has 5 nitrogen and oxygen atoms in total. The molecule has 15 heavy (non-hydrogen) atoms. The first-order valence-corrected chi connectivity index (χ1v) is 4.44. The molecule has 1 rings (SSSR count). The zero-order valence-corrected chi connectivity index (χ0v) is 8.44. The molecule has 1 aromatic heterocycles. The van der Waals surface area contributed by atoms with Crippen LogP contribution in [0.4, 0.5) is 4.39 Å². The molecule has 6 heteroatoms. The maximum absolute atomic E-state index is 13.0. The third-order valence-electron chi connectivity index (χ3n) is 1.54. The highest BCUT2D eigenvalue weighted by Gasteiger charge is 2.18. The summed E-state index contributed by atoms with van der Waals surface area (Å²) in [7, 11) is 0. The van der Waals surface area contributed by atoms with Gasteiger partial charge < -0.3 is 9.47 Å². The summed E-state index contributed by atoms with van der Waals surface area (Å²) in [5.41, 5.74) is 0. The fourth-order valence-electron chi connectivity index (χ4n) is 0.863. The van der Waals surface area contributed by atoms with E-state index >= 15 is 0 Å². The molecule has 0 amide bonds. The van der Waals surface area contributed by atoms with E-state index in [1.807, 2.05) is 0 Å². The van der Waals surface area contributed by atoms with Gasteiger partial charge in [-0.1, -0.05) is 0 Å². The molecule has 0 saturated heterocycles. The largest absolute Gasteiger partial charge is 0.463 e. The number of rotatable bonds is 4. The number of nitrogens with zero attached hydrogens (tertiary/aromatic N) is 2.